The van der Waals surface area contributed by atoms with Gasteiger partial charge in [0, 0.05) is 18.8 Å². The van der Waals surface area contributed by atoms with Crippen molar-refractivity contribution in [2.45, 2.75) is 45.0 Å². The first kappa shape index (κ1) is 18.1. The number of aliphatic carboxylic acids is 1. The lowest BCUT2D eigenvalue weighted by atomic mass is 10.1. The van der Waals surface area contributed by atoms with Crippen molar-refractivity contribution in [3.63, 3.8) is 0 Å². The number of unbranched alkanes of at least 4 members (excludes halogenated alkanes) is 1. The number of rotatable bonds is 7. The molecule has 0 bridgehead atoms. The van der Waals surface area contributed by atoms with Crippen LogP contribution in [0, 0.1) is 5.92 Å². The summed E-state index contributed by atoms with van der Waals surface area (Å²) in [5.74, 6) is -0.353. The van der Waals surface area contributed by atoms with Crippen molar-refractivity contribution in [3.05, 3.63) is 0 Å². The van der Waals surface area contributed by atoms with Gasteiger partial charge in [-0.05, 0) is 12.3 Å². The molecule has 21 heavy (non-hydrogen) atoms. The lowest BCUT2D eigenvalue weighted by Crippen LogP contribution is -2.53. The molecule has 0 aliphatic carbocycles. The Hall–Kier alpha value is -0.950. The van der Waals surface area contributed by atoms with Crippen LogP contribution in [-0.4, -0.2) is 68.9 Å². The van der Waals surface area contributed by atoms with Gasteiger partial charge >= 0.3 is 12.0 Å². The first-order valence-electron chi connectivity index (χ1n) is 7.46. The van der Waals surface area contributed by atoms with E-state index < -0.39 is 12.0 Å². The van der Waals surface area contributed by atoms with Gasteiger partial charge < -0.3 is 15.1 Å². The molecule has 2 unspecified atom stereocenters. The van der Waals surface area contributed by atoms with Gasteiger partial charge in [-0.15, -0.1) is 11.8 Å². The maximum absolute atomic E-state index is 12.7. The quantitative estimate of drug-likeness (QED) is 0.746. The van der Waals surface area contributed by atoms with Gasteiger partial charge in [-0.3, -0.25) is 4.90 Å². The molecule has 1 aliphatic heterocycles. The molecule has 0 spiro atoms. The van der Waals surface area contributed by atoms with Gasteiger partial charge in [0.2, 0.25) is 0 Å². The van der Waals surface area contributed by atoms with Gasteiger partial charge in [0.1, 0.15) is 6.04 Å². The third-order valence-electron chi connectivity index (χ3n) is 3.53. The average Bonchev–Trinajstić information content (AvgIpc) is 2.87. The zero-order chi connectivity index (χ0) is 16.0. The van der Waals surface area contributed by atoms with Crippen LogP contribution in [0.3, 0.4) is 0 Å². The summed E-state index contributed by atoms with van der Waals surface area (Å²) in [5, 5.41) is 18.4. The summed E-state index contributed by atoms with van der Waals surface area (Å²) in [6.45, 7) is 6.70. The SMILES string of the molecule is CCCCN(CCO)C(=O)N1C(C(=O)O)CSC1C(C)C. The molecule has 1 fully saturated rings. The van der Waals surface area contributed by atoms with Crippen molar-refractivity contribution in [2.75, 3.05) is 25.4 Å². The second kappa shape index (κ2) is 8.48. The Bertz CT molecular complexity index is 365. The Morgan fingerprint density at radius 3 is 2.52 bits per heavy atom. The molecule has 1 saturated heterocycles. The predicted octanol–water partition coefficient (Wildman–Crippen LogP) is 1.68. The monoisotopic (exact) mass is 318 g/mol. The van der Waals surface area contributed by atoms with E-state index in [1.165, 1.54) is 16.7 Å². The van der Waals surface area contributed by atoms with E-state index in [-0.39, 0.29) is 30.5 Å². The molecule has 0 radical (unpaired) electrons. The largest absolute Gasteiger partial charge is 0.480 e. The van der Waals surface area contributed by atoms with Crippen molar-refractivity contribution in [1.82, 2.24) is 9.80 Å². The van der Waals surface area contributed by atoms with E-state index in [2.05, 4.69) is 0 Å². The number of hydrogen-bond donors (Lipinski definition) is 2. The molecule has 1 aliphatic rings. The van der Waals surface area contributed by atoms with E-state index in [0.29, 0.717) is 12.3 Å². The Morgan fingerprint density at radius 1 is 1.38 bits per heavy atom. The summed E-state index contributed by atoms with van der Waals surface area (Å²) in [4.78, 5) is 27.2. The lowest BCUT2D eigenvalue weighted by Gasteiger charge is -2.34. The van der Waals surface area contributed by atoms with Crippen molar-refractivity contribution in [3.8, 4) is 0 Å². The van der Waals surface area contributed by atoms with Crippen LogP contribution in [0.15, 0.2) is 0 Å². The Balaban J connectivity index is 2.92. The number of amides is 2. The minimum Gasteiger partial charge on any atom is -0.480 e. The Labute approximate surface area is 130 Å². The number of nitrogens with zero attached hydrogens (tertiary/aromatic N) is 2. The second-order valence-electron chi connectivity index (χ2n) is 5.58. The van der Waals surface area contributed by atoms with E-state index in [9.17, 15) is 14.7 Å². The molecule has 2 N–H and O–H groups in total. The van der Waals surface area contributed by atoms with Crippen LogP contribution in [0.5, 0.6) is 0 Å². The highest BCUT2D eigenvalue weighted by Gasteiger charge is 2.44. The Morgan fingerprint density at radius 2 is 2.05 bits per heavy atom. The molecule has 2 amide bonds. The number of thioether (sulfide) groups is 1. The zero-order valence-corrected chi connectivity index (χ0v) is 13.8. The maximum Gasteiger partial charge on any atom is 0.327 e. The first-order chi connectivity index (χ1) is 9.93. The molecule has 0 saturated carbocycles. The molecule has 0 aromatic rings. The summed E-state index contributed by atoms with van der Waals surface area (Å²) < 4.78 is 0. The third kappa shape index (κ3) is 4.51. The fourth-order valence-electron chi connectivity index (χ4n) is 2.41. The van der Waals surface area contributed by atoms with Gasteiger partial charge in [-0.1, -0.05) is 27.2 Å². The lowest BCUT2D eigenvalue weighted by molar-refractivity contribution is -0.141. The summed E-state index contributed by atoms with van der Waals surface area (Å²) in [7, 11) is 0. The predicted molar refractivity (Wildman–Crippen MR) is 83.3 cm³/mol. The van der Waals surface area contributed by atoms with Gasteiger partial charge in [0.15, 0.2) is 0 Å². The van der Waals surface area contributed by atoms with E-state index in [1.807, 2.05) is 20.8 Å². The van der Waals surface area contributed by atoms with Crippen molar-refractivity contribution in [1.29, 1.82) is 0 Å². The molecule has 0 aromatic carbocycles. The van der Waals surface area contributed by atoms with Crippen LogP contribution in [0.4, 0.5) is 4.79 Å². The normalized spacial score (nSPS) is 21.9. The zero-order valence-electron chi connectivity index (χ0n) is 13.0. The number of hydrogen-bond acceptors (Lipinski definition) is 4. The van der Waals surface area contributed by atoms with Crippen molar-refractivity contribution >= 4 is 23.8 Å². The van der Waals surface area contributed by atoms with Crippen LogP contribution in [0.25, 0.3) is 0 Å². The summed E-state index contributed by atoms with van der Waals surface area (Å²) in [6, 6.07) is -1.05. The Kier molecular flexibility index (Phi) is 7.31. The molecule has 1 heterocycles. The van der Waals surface area contributed by atoms with E-state index in [4.69, 9.17) is 5.11 Å². The smallest absolute Gasteiger partial charge is 0.327 e. The summed E-state index contributed by atoms with van der Waals surface area (Å²) in [6.07, 6.45) is 1.79. The molecule has 6 nitrogen and oxygen atoms in total. The average molecular weight is 318 g/mol. The molecule has 122 valence electrons. The standard InChI is InChI=1S/C14H26N2O4S/c1-4-5-6-15(7-8-17)14(20)16-11(13(18)19)9-21-12(16)10(2)3/h10-12,17H,4-9H2,1-3H3,(H,18,19). The number of carbonyl (C=O) groups excluding carboxylic acids is 1. The number of aliphatic hydroxyl groups is 1. The molecule has 1 rings (SSSR count). The van der Waals surface area contributed by atoms with Gasteiger partial charge in [-0.25, -0.2) is 9.59 Å². The molecule has 2 atom stereocenters. The van der Waals surface area contributed by atoms with Crippen molar-refractivity contribution in [2.24, 2.45) is 5.92 Å². The van der Waals surface area contributed by atoms with Gasteiger partial charge in [0.05, 0.1) is 12.0 Å². The fourth-order valence-corrected chi connectivity index (χ4v) is 3.88. The number of urea groups is 1. The third-order valence-corrected chi connectivity index (χ3v) is 5.15. The van der Waals surface area contributed by atoms with E-state index in [0.717, 1.165) is 12.8 Å². The van der Waals surface area contributed by atoms with Crippen LogP contribution < -0.4 is 0 Å². The highest BCUT2D eigenvalue weighted by molar-refractivity contribution is 8.00. The van der Waals surface area contributed by atoms with Gasteiger partial charge in [-0.2, -0.15) is 0 Å². The maximum atomic E-state index is 12.7. The number of carboxylic acid groups (broad SMARTS) is 1. The van der Waals surface area contributed by atoms with Crippen LogP contribution in [-0.2, 0) is 4.79 Å². The fraction of sp³-hybridized carbons (Fsp3) is 0.857. The van der Waals surface area contributed by atoms with E-state index in [1.54, 1.807) is 4.90 Å². The van der Waals surface area contributed by atoms with Crippen LogP contribution >= 0.6 is 11.8 Å². The van der Waals surface area contributed by atoms with E-state index >= 15 is 0 Å². The van der Waals surface area contributed by atoms with Crippen molar-refractivity contribution < 1.29 is 19.8 Å². The number of carbonyl (C=O) groups is 2. The summed E-state index contributed by atoms with van der Waals surface area (Å²) >= 11 is 1.52. The highest BCUT2D eigenvalue weighted by Crippen LogP contribution is 2.34. The molecule has 0 aromatic heterocycles. The topological polar surface area (TPSA) is 81.1 Å². The van der Waals surface area contributed by atoms with Gasteiger partial charge in [0.25, 0.3) is 0 Å². The first-order valence-corrected chi connectivity index (χ1v) is 8.51. The molecular weight excluding hydrogens is 292 g/mol. The highest BCUT2D eigenvalue weighted by atomic mass is 32.2. The second-order valence-corrected chi connectivity index (χ2v) is 6.73. The molecule has 7 heteroatoms. The number of carboxylic acids is 1. The van der Waals surface area contributed by atoms with Crippen LogP contribution in [0.2, 0.25) is 0 Å². The van der Waals surface area contributed by atoms with Crippen LogP contribution in [0.1, 0.15) is 33.6 Å². The summed E-state index contributed by atoms with van der Waals surface area (Å²) in [5.41, 5.74) is 0. The number of aliphatic hydroxyl groups excluding tert-OH is 1. The minimum absolute atomic E-state index is 0.111. The molecular formula is C14H26N2O4S. The minimum atomic E-state index is -0.960.